The number of benzene rings is 1. The minimum atomic E-state index is 0.129. The molecule has 0 bridgehead atoms. The van der Waals surface area contributed by atoms with Gasteiger partial charge in [-0.3, -0.25) is 9.30 Å². The van der Waals surface area contributed by atoms with Crippen LogP contribution in [0.5, 0.6) is 5.75 Å². The molecule has 1 fully saturated rings. The normalized spacial score (nSPS) is 23.3. The number of aryl methyl sites for hydroxylation is 1. The van der Waals surface area contributed by atoms with Crippen LogP contribution in [0.15, 0.2) is 42.6 Å². The highest BCUT2D eigenvalue weighted by molar-refractivity contribution is 5.42. The van der Waals surface area contributed by atoms with Crippen LogP contribution in [-0.4, -0.2) is 33.1 Å². The number of hydrogen-bond donors (Lipinski definition) is 0. The third-order valence-corrected chi connectivity index (χ3v) is 6.06. The molecule has 0 radical (unpaired) electrons. The fraction of sp³-hybridized carbons (Fsp3) is 0.455. The molecule has 1 saturated heterocycles. The van der Waals surface area contributed by atoms with Crippen molar-refractivity contribution < 1.29 is 4.74 Å². The van der Waals surface area contributed by atoms with E-state index >= 15 is 0 Å². The van der Waals surface area contributed by atoms with Crippen molar-refractivity contribution in [2.75, 3.05) is 13.6 Å². The van der Waals surface area contributed by atoms with Crippen LogP contribution in [0.2, 0.25) is 0 Å². The second kappa shape index (κ2) is 6.97. The fourth-order valence-corrected chi connectivity index (χ4v) is 4.58. The van der Waals surface area contributed by atoms with Gasteiger partial charge in [-0.25, -0.2) is 0 Å². The largest absolute Gasteiger partial charge is 0.484 e. The Morgan fingerprint density at radius 3 is 2.85 bits per heavy atom. The summed E-state index contributed by atoms with van der Waals surface area (Å²) in [5.41, 5.74) is 3.64. The molecule has 3 aromatic rings. The molecule has 0 amide bonds. The standard InChI is InChI=1S/C22H26N4O/c1-25-14-5-4-10-19(25)22-24-23-21-13-12-17(15-26(21)22)27-20-11-6-8-16-7-2-3-9-18(16)20/h2-3,7,9,12-13,15,19-20H,4-6,8,10-11,14H2,1H3/t19-,20?/m0/s1. The lowest BCUT2D eigenvalue weighted by Gasteiger charge is -2.31. The van der Waals surface area contributed by atoms with Crippen molar-refractivity contribution in [3.8, 4) is 5.75 Å². The summed E-state index contributed by atoms with van der Waals surface area (Å²) >= 11 is 0. The third kappa shape index (κ3) is 3.10. The monoisotopic (exact) mass is 362 g/mol. The Morgan fingerprint density at radius 1 is 1.00 bits per heavy atom. The second-order valence-corrected chi connectivity index (χ2v) is 7.84. The van der Waals surface area contributed by atoms with Crippen molar-refractivity contribution in [2.24, 2.45) is 0 Å². The molecule has 0 spiro atoms. The number of nitrogens with zero attached hydrogens (tertiary/aromatic N) is 4. The number of likely N-dealkylation sites (tertiary alicyclic amines) is 1. The second-order valence-electron chi connectivity index (χ2n) is 7.84. The lowest BCUT2D eigenvalue weighted by Crippen LogP contribution is -2.30. The SMILES string of the molecule is CN1CCCC[C@H]1c1nnc2ccc(OC3CCCc4ccccc43)cn12. The lowest BCUT2D eigenvalue weighted by atomic mass is 9.89. The Morgan fingerprint density at radius 2 is 1.93 bits per heavy atom. The van der Waals surface area contributed by atoms with Crippen molar-refractivity contribution in [1.82, 2.24) is 19.5 Å². The van der Waals surface area contributed by atoms with Crippen LogP contribution in [0, 0.1) is 0 Å². The average Bonchev–Trinajstić information content (AvgIpc) is 3.12. The molecule has 2 atom stereocenters. The van der Waals surface area contributed by atoms with Gasteiger partial charge >= 0.3 is 0 Å². The van der Waals surface area contributed by atoms with Crippen LogP contribution in [0.25, 0.3) is 5.65 Å². The van der Waals surface area contributed by atoms with E-state index in [1.165, 1.54) is 30.4 Å². The first-order valence-electron chi connectivity index (χ1n) is 10.1. The molecule has 5 heteroatoms. The Kier molecular flexibility index (Phi) is 4.32. The first-order chi connectivity index (χ1) is 13.3. The molecular formula is C22H26N4O. The zero-order valence-electron chi connectivity index (χ0n) is 15.8. The summed E-state index contributed by atoms with van der Waals surface area (Å²) in [6.07, 6.45) is 9.24. The van der Waals surface area contributed by atoms with Crippen molar-refractivity contribution in [3.63, 3.8) is 0 Å². The van der Waals surface area contributed by atoms with Gasteiger partial charge in [0.15, 0.2) is 11.5 Å². The van der Waals surface area contributed by atoms with Gasteiger partial charge in [0.2, 0.25) is 0 Å². The van der Waals surface area contributed by atoms with E-state index in [1.807, 2.05) is 12.1 Å². The van der Waals surface area contributed by atoms with Gasteiger partial charge in [0.25, 0.3) is 0 Å². The summed E-state index contributed by atoms with van der Waals surface area (Å²) in [4.78, 5) is 2.39. The molecule has 0 saturated carbocycles. The molecule has 1 unspecified atom stereocenters. The summed E-state index contributed by atoms with van der Waals surface area (Å²) in [5.74, 6) is 1.92. The van der Waals surface area contributed by atoms with E-state index in [9.17, 15) is 0 Å². The number of rotatable bonds is 3. The Balaban J connectivity index is 1.46. The maximum Gasteiger partial charge on any atom is 0.161 e. The average molecular weight is 362 g/mol. The molecule has 1 aromatic carbocycles. The third-order valence-electron chi connectivity index (χ3n) is 6.06. The zero-order valence-corrected chi connectivity index (χ0v) is 15.8. The topological polar surface area (TPSA) is 42.7 Å². The van der Waals surface area contributed by atoms with Crippen LogP contribution in [-0.2, 0) is 6.42 Å². The summed E-state index contributed by atoms with van der Waals surface area (Å²) in [7, 11) is 2.18. The molecule has 3 heterocycles. The van der Waals surface area contributed by atoms with E-state index < -0.39 is 0 Å². The van der Waals surface area contributed by atoms with E-state index in [4.69, 9.17) is 4.74 Å². The molecule has 1 aliphatic heterocycles. The number of pyridine rings is 1. The van der Waals surface area contributed by atoms with Gasteiger partial charge in [0, 0.05) is 0 Å². The summed E-state index contributed by atoms with van der Waals surface area (Å²) in [6.45, 7) is 1.12. The van der Waals surface area contributed by atoms with E-state index in [1.54, 1.807) is 0 Å². The Bertz CT molecular complexity index is 950. The van der Waals surface area contributed by atoms with Crippen LogP contribution in [0.3, 0.4) is 0 Å². The molecular weight excluding hydrogens is 336 g/mol. The van der Waals surface area contributed by atoms with E-state index in [2.05, 4.69) is 57.0 Å². The molecule has 2 aliphatic rings. The molecule has 2 aromatic heterocycles. The highest BCUT2D eigenvalue weighted by atomic mass is 16.5. The minimum Gasteiger partial charge on any atom is -0.484 e. The van der Waals surface area contributed by atoms with Gasteiger partial charge in [-0.2, -0.15) is 0 Å². The molecule has 5 rings (SSSR count). The summed E-state index contributed by atoms with van der Waals surface area (Å²) < 4.78 is 8.56. The van der Waals surface area contributed by atoms with Crippen LogP contribution >= 0.6 is 0 Å². The predicted octanol–water partition coefficient (Wildman–Crippen LogP) is 4.34. The molecule has 27 heavy (non-hydrogen) atoms. The predicted molar refractivity (Wildman–Crippen MR) is 105 cm³/mol. The number of ether oxygens (including phenoxy) is 1. The van der Waals surface area contributed by atoms with E-state index in [0.717, 1.165) is 43.0 Å². The first kappa shape index (κ1) is 16.8. The Labute approximate surface area is 160 Å². The molecule has 140 valence electrons. The quantitative estimate of drug-likeness (QED) is 0.695. The van der Waals surface area contributed by atoms with Crippen LogP contribution in [0.4, 0.5) is 0 Å². The van der Waals surface area contributed by atoms with Crippen molar-refractivity contribution in [1.29, 1.82) is 0 Å². The number of piperidine rings is 1. The molecule has 5 nitrogen and oxygen atoms in total. The summed E-state index contributed by atoms with van der Waals surface area (Å²) in [5, 5.41) is 8.89. The van der Waals surface area contributed by atoms with Gasteiger partial charge in [-0.05, 0) is 69.0 Å². The number of fused-ring (bicyclic) bond motifs is 2. The highest BCUT2D eigenvalue weighted by Crippen LogP contribution is 2.34. The van der Waals surface area contributed by atoms with Gasteiger partial charge in [-0.1, -0.05) is 30.7 Å². The van der Waals surface area contributed by atoms with Crippen molar-refractivity contribution in [2.45, 2.75) is 50.7 Å². The van der Waals surface area contributed by atoms with Crippen LogP contribution < -0.4 is 4.74 Å². The highest BCUT2D eigenvalue weighted by Gasteiger charge is 2.26. The molecule has 1 aliphatic carbocycles. The maximum absolute atomic E-state index is 6.44. The van der Waals surface area contributed by atoms with Crippen LogP contribution in [0.1, 0.15) is 61.2 Å². The van der Waals surface area contributed by atoms with Gasteiger partial charge in [-0.15, -0.1) is 10.2 Å². The maximum atomic E-state index is 6.44. The van der Waals surface area contributed by atoms with Gasteiger partial charge < -0.3 is 4.74 Å². The number of hydrogen-bond acceptors (Lipinski definition) is 4. The van der Waals surface area contributed by atoms with Crippen molar-refractivity contribution >= 4 is 5.65 Å². The zero-order chi connectivity index (χ0) is 18.2. The first-order valence-corrected chi connectivity index (χ1v) is 10.1. The van der Waals surface area contributed by atoms with Gasteiger partial charge in [0.1, 0.15) is 11.9 Å². The van der Waals surface area contributed by atoms with Crippen molar-refractivity contribution in [3.05, 3.63) is 59.5 Å². The molecule has 0 N–H and O–H groups in total. The Hall–Kier alpha value is -2.40. The lowest BCUT2D eigenvalue weighted by molar-refractivity contribution is 0.176. The van der Waals surface area contributed by atoms with E-state index in [-0.39, 0.29) is 6.10 Å². The van der Waals surface area contributed by atoms with Gasteiger partial charge in [0.05, 0.1) is 12.2 Å². The number of aromatic nitrogens is 3. The summed E-state index contributed by atoms with van der Waals surface area (Å²) in [6, 6.07) is 13.0. The fourth-order valence-electron chi connectivity index (χ4n) is 4.58. The smallest absolute Gasteiger partial charge is 0.161 e. The minimum absolute atomic E-state index is 0.129. The van der Waals surface area contributed by atoms with E-state index in [0.29, 0.717) is 6.04 Å².